The van der Waals surface area contributed by atoms with Crippen LogP contribution in [0.15, 0.2) is 42.5 Å². The summed E-state index contributed by atoms with van der Waals surface area (Å²) in [6, 6.07) is 8.98. The summed E-state index contributed by atoms with van der Waals surface area (Å²) in [6.07, 6.45) is 0.323. The zero-order valence-electron chi connectivity index (χ0n) is 20.3. The molecule has 11 heteroatoms. The van der Waals surface area contributed by atoms with E-state index in [1.165, 1.54) is 11.8 Å². The second-order valence-electron chi connectivity index (χ2n) is 8.41. The first-order valence-corrected chi connectivity index (χ1v) is 11.7. The van der Waals surface area contributed by atoms with Crippen molar-refractivity contribution in [1.29, 1.82) is 0 Å². The number of carbonyl (C=O) groups excluding carboxylic acids is 3. The van der Waals surface area contributed by atoms with Gasteiger partial charge in [0.2, 0.25) is 17.7 Å². The maximum atomic E-state index is 13.9. The van der Waals surface area contributed by atoms with Crippen molar-refractivity contribution in [2.45, 2.75) is 38.3 Å². The molecule has 0 unspecified atom stereocenters. The van der Waals surface area contributed by atoms with Crippen LogP contribution in [0.4, 0.5) is 14.5 Å². The molecule has 9 nitrogen and oxygen atoms in total. The number of hydrogen-bond acceptors (Lipinski definition) is 6. The first kappa shape index (κ1) is 28.8. The summed E-state index contributed by atoms with van der Waals surface area (Å²) in [4.78, 5) is 39.7. The van der Waals surface area contributed by atoms with Crippen LogP contribution in [0.5, 0.6) is 0 Å². The van der Waals surface area contributed by atoms with Gasteiger partial charge in [0.25, 0.3) is 0 Å². The van der Waals surface area contributed by atoms with E-state index in [0.29, 0.717) is 6.42 Å². The molecular weight excluding hydrogens is 470 g/mol. The Bertz CT molecular complexity index is 1010. The summed E-state index contributed by atoms with van der Waals surface area (Å²) in [7, 11) is 0. The number of halogens is 2. The Kier molecular flexibility index (Phi) is 11.4. The van der Waals surface area contributed by atoms with E-state index in [2.05, 4.69) is 10.6 Å². The standard InChI is InChI=1S/C25H34F2N6O3/c1-16-19(26)13-18(14-20(16)27)31-25(36)22(8-7-17-5-3-2-4-6-17)32-24(35)21(30)15-23(34)33(11-9-28)12-10-29/h2-6,13-14,21-22H,7-12,15,28-30H2,1H3,(H,31,36)(H,32,35)/t21-,22-/m0/s1. The van der Waals surface area contributed by atoms with Gasteiger partial charge in [0.1, 0.15) is 17.7 Å². The zero-order valence-corrected chi connectivity index (χ0v) is 20.3. The molecule has 2 atom stereocenters. The van der Waals surface area contributed by atoms with Gasteiger partial charge in [-0.25, -0.2) is 8.78 Å². The van der Waals surface area contributed by atoms with Gasteiger partial charge in [-0.1, -0.05) is 30.3 Å². The Balaban J connectivity index is 2.12. The predicted octanol–water partition coefficient (Wildman–Crippen LogP) is 0.793. The molecule has 2 aromatic carbocycles. The molecule has 2 rings (SSSR count). The van der Waals surface area contributed by atoms with Gasteiger partial charge in [0.05, 0.1) is 12.5 Å². The van der Waals surface area contributed by atoms with E-state index in [0.717, 1.165) is 17.7 Å². The fraction of sp³-hybridized carbons (Fsp3) is 0.400. The first-order chi connectivity index (χ1) is 17.2. The number of nitrogens with two attached hydrogens (primary N) is 3. The van der Waals surface area contributed by atoms with E-state index in [4.69, 9.17) is 17.2 Å². The Morgan fingerprint density at radius 3 is 2.11 bits per heavy atom. The molecule has 2 aromatic rings. The molecule has 0 aromatic heterocycles. The Hall–Kier alpha value is -3.41. The van der Waals surface area contributed by atoms with E-state index < -0.39 is 35.5 Å². The van der Waals surface area contributed by atoms with E-state index in [9.17, 15) is 23.2 Å². The third-order valence-electron chi connectivity index (χ3n) is 5.63. The lowest BCUT2D eigenvalue weighted by atomic mass is 10.0. The van der Waals surface area contributed by atoms with Crippen molar-refractivity contribution >= 4 is 23.4 Å². The van der Waals surface area contributed by atoms with Crippen LogP contribution >= 0.6 is 0 Å². The molecule has 0 spiro atoms. The SMILES string of the molecule is Cc1c(F)cc(NC(=O)[C@H](CCc2ccccc2)NC(=O)[C@@H](N)CC(=O)N(CCN)CCN)cc1F. The predicted molar refractivity (Wildman–Crippen MR) is 134 cm³/mol. The minimum Gasteiger partial charge on any atom is -0.343 e. The van der Waals surface area contributed by atoms with Gasteiger partial charge in [-0.15, -0.1) is 0 Å². The smallest absolute Gasteiger partial charge is 0.246 e. The second-order valence-corrected chi connectivity index (χ2v) is 8.41. The summed E-state index contributed by atoms with van der Waals surface area (Å²) < 4.78 is 27.9. The molecule has 0 saturated heterocycles. The number of anilines is 1. The van der Waals surface area contributed by atoms with Crippen LogP contribution in [0.3, 0.4) is 0 Å². The maximum absolute atomic E-state index is 13.9. The van der Waals surface area contributed by atoms with Crippen molar-refractivity contribution in [2.75, 3.05) is 31.5 Å². The van der Waals surface area contributed by atoms with E-state index >= 15 is 0 Å². The normalized spacial score (nSPS) is 12.5. The molecule has 0 heterocycles. The highest BCUT2D eigenvalue weighted by Crippen LogP contribution is 2.18. The molecule has 36 heavy (non-hydrogen) atoms. The van der Waals surface area contributed by atoms with Crippen LogP contribution in [0, 0.1) is 18.6 Å². The average Bonchev–Trinajstić information content (AvgIpc) is 2.85. The summed E-state index contributed by atoms with van der Waals surface area (Å²) in [5.74, 6) is -3.39. The van der Waals surface area contributed by atoms with E-state index in [-0.39, 0.29) is 56.2 Å². The summed E-state index contributed by atoms with van der Waals surface area (Å²) in [6.45, 7) is 2.29. The zero-order chi connectivity index (χ0) is 26.7. The summed E-state index contributed by atoms with van der Waals surface area (Å²) in [5, 5.41) is 5.02. The number of amides is 3. The van der Waals surface area contributed by atoms with Gasteiger partial charge < -0.3 is 32.7 Å². The second kappa shape index (κ2) is 14.2. The molecule has 0 aliphatic rings. The lowest BCUT2D eigenvalue weighted by Crippen LogP contribution is -2.52. The van der Waals surface area contributed by atoms with Gasteiger partial charge in [0.15, 0.2) is 0 Å². The molecular formula is C25H34F2N6O3. The monoisotopic (exact) mass is 504 g/mol. The molecule has 0 aliphatic carbocycles. The number of benzene rings is 2. The first-order valence-electron chi connectivity index (χ1n) is 11.7. The van der Waals surface area contributed by atoms with Gasteiger partial charge >= 0.3 is 0 Å². The van der Waals surface area contributed by atoms with Crippen molar-refractivity contribution in [3.8, 4) is 0 Å². The topological polar surface area (TPSA) is 157 Å². The molecule has 8 N–H and O–H groups in total. The highest BCUT2D eigenvalue weighted by Gasteiger charge is 2.27. The fourth-order valence-corrected chi connectivity index (χ4v) is 3.53. The van der Waals surface area contributed by atoms with E-state index in [1.807, 2.05) is 30.3 Å². The number of rotatable bonds is 13. The number of carbonyl (C=O) groups is 3. The molecule has 0 bridgehead atoms. The van der Waals surface area contributed by atoms with Gasteiger partial charge in [0, 0.05) is 37.4 Å². The Labute approximate surface area is 209 Å². The number of nitrogens with one attached hydrogen (secondary N) is 2. The highest BCUT2D eigenvalue weighted by molar-refractivity contribution is 5.98. The van der Waals surface area contributed by atoms with Crippen LogP contribution in [0.1, 0.15) is 24.0 Å². The van der Waals surface area contributed by atoms with Crippen molar-refractivity contribution < 1.29 is 23.2 Å². The molecule has 0 fully saturated rings. The van der Waals surface area contributed by atoms with Crippen LogP contribution in [0.2, 0.25) is 0 Å². The van der Waals surface area contributed by atoms with Crippen molar-refractivity contribution in [2.24, 2.45) is 17.2 Å². The molecule has 3 amide bonds. The molecule has 0 aliphatic heterocycles. The molecule has 0 radical (unpaired) electrons. The summed E-state index contributed by atoms with van der Waals surface area (Å²) in [5.41, 5.74) is 17.7. The fourth-order valence-electron chi connectivity index (χ4n) is 3.53. The van der Waals surface area contributed by atoms with Crippen molar-refractivity contribution in [3.05, 3.63) is 65.2 Å². The van der Waals surface area contributed by atoms with Crippen LogP contribution in [-0.4, -0.2) is 60.9 Å². The van der Waals surface area contributed by atoms with Crippen molar-refractivity contribution in [3.63, 3.8) is 0 Å². The van der Waals surface area contributed by atoms with E-state index in [1.54, 1.807) is 0 Å². The lowest BCUT2D eigenvalue weighted by Gasteiger charge is -2.24. The third kappa shape index (κ3) is 8.67. The summed E-state index contributed by atoms with van der Waals surface area (Å²) >= 11 is 0. The number of hydrogen-bond donors (Lipinski definition) is 5. The number of aryl methyl sites for hydroxylation is 1. The van der Waals surface area contributed by atoms with Gasteiger partial charge in [-0.2, -0.15) is 0 Å². The quantitative estimate of drug-likeness (QED) is 0.272. The Morgan fingerprint density at radius 2 is 1.56 bits per heavy atom. The van der Waals surface area contributed by atoms with Crippen LogP contribution < -0.4 is 27.8 Å². The molecule has 0 saturated carbocycles. The maximum Gasteiger partial charge on any atom is 0.246 e. The van der Waals surface area contributed by atoms with Gasteiger partial charge in [-0.3, -0.25) is 14.4 Å². The highest BCUT2D eigenvalue weighted by atomic mass is 19.1. The minimum absolute atomic E-state index is 0.0850. The number of nitrogens with zero attached hydrogens (tertiary/aromatic N) is 1. The molecule has 196 valence electrons. The third-order valence-corrected chi connectivity index (χ3v) is 5.63. The minimum atomic E-state index is -1.23. The Morgan fingerprint density at radius 1 is 0.972 bits per heavy atom. The van der Waals surface area contributed by atoms with Gasteiger partial charge in [-0.05, 0) is 37.5 Å². The van der Waals surface area contributed by atoms with Crippen LogP contribution in [-0.2, 0) is 20.8 Å². The van der Waals surface area contributed by atoms with Crippen molar-refractivity contribution in [1.82, 2.24) is 10.2 Å². The largest absolute Gasteiger partial charge is 0.343 e. The van der Waals surface area contributed by atoms with Crippen LogP contribution in [0.25, 0.3) is 0 Å². The average molecular weight is 505 g/mol. The lowest BCUT2D eigenvalue weighted by molar-refractivity contribution is -0.134.